The third-order valence-electron chi connectivity index (χ3n) is 2.34. The molecule has 2 aromatic rings. The number of pyridine rings is 1. The minimum absolute atomic E-state index is 0.242. The second-order valence-corrected chi connectivity index (χ2v) is 5.64. The maximum atomic E-state index is 6.09. The molecule has 2 heterocycles. The van der Waals surface area contributed by atoms with Gasteiger partial charge in [-0.25, -0.2) is 9.97 Å². The molecule has 94 valence electrons. The molecule has 0 unspecified atom stereocenters. The quantitative estimate of drug-likeness (QED) is 0.738. The molecule has 6 heteroatoms. The zero-order valence-electron chi connectivity index (χ0n) is 9.78. The van der Waals surface area contributed by atoms with Crippen molar-refractivity contribution in [1.82, 2.24) is 15.0 Å². The van der Waals surface area contributed by atoms with Crippen molar-refractivity contribution in [3.8, 4) is 11.5 Å². The Balaban J connectivity index is 2.55. The number of hydrogen-bond acceptors (Lipinski definition) is 3. The molecule has 0 atom stereocenters. The first-order valence-electron chi connectivity index (χ1n) is 5.34. The first-order valence-corrected chi connectivity index (χ1v) is 6.88. The van der Waals surface area contributed by atoms with Gasteiger partial charge < -0.3 is 0 Å². The third kappa shape index (κ3) is 2.82. The molecule has 0 spiro atoms. The minimum Gasteiger partial charge on any atom is -0.251 e. The van der Waals surface area contributed by atoms with Crippen LogP contribution in [-0.4, -0.2) is 15.0 Å². The van der Waals surface area contributed by atoms with Crippen molar-refractivity contribution in [3.05, 3.63) is 38.7 Å². The number of halogens is 3. The van der Waals surface area contributed by atoms with E-state index in [4.69, 9.17) is 23.2 Å². The van der Waals surface area contributed by atoms with Gasteiger partial charge in [-0.2, -0.15) is 0 Å². The lowest BCUT2D eigenvalue weighted by Gasteiger charge is -2.10. The van der Waals surface area contributed by atoms with Crippen molar-refractivity contribution in [2.45, 2.75) is 19.8 Å². The van der Waals surface area contributed by atoms with Crippen LogP contribution in [0.2, 0.25) is 10.2 Å². The highest BCUT2D eigenvalue weighted by molar-refractivity contribution is 9.10. The van der Waals surface area contributed by atoms with E-state index < -0.39 is 0 Å². The second-order valence-electron chi connectivity index (χ2n) is 4.05. The molecule has 2 aromatic heterocycles. The molecule has 0 aliphatic carbocycles. The van der Waals surface area contributed by atoms with Gasteiger partial charge in [-0.05, 0) is 34.0 Å². The predicted molar refractivity (Wildman–Crippen MR) is 77.1 cm³/mol. The maximum Gasteiger partial charge on any atom is 0.179 e. The van der Waals surface area contributed by atoms with Crippen molar-refractivity contribution in [3.63, 3.8) is 0 Å². The average molecular weight is 347 g/mol. The molecule has 0 fully saturated rings. The van der Waals surface area contributed by atoms with Crippen molar-refractivity contribution >= 4 is 39.1 Å². The van der Waals surface area contributed by atoms with Crippen LogP contribution in [0.4, 0.5) is 0 Å². The molecule has 0 amide bonds. The molecule has 0 saturated carbocycles. The van der Waals surface area contributed by atoms with Gasteiger partial charge in [0, 0.05) is 6.20 Å². The number of rotatable bonds is 2. The topological polar surface area (TPSA) is 38.7 Å². The Morgan fingerprint density at radius 3 is 2.44 bits per heavy atom. The highest BCUT2D eigenvalue weighted by Crippen LogP contribution is 2.30. The summed E-state index contributed by atoms with van der Waals surface area (Å²) in [6.07, 6.45) is 1.56. The van der Waals surface area contributed by atoms with E-state index in [9.17, 15) is 0 Å². The summed E-state index contributed by atoms with van der Waals surface area (Å²) >= 11 is 15.3. The highest BCUT2D eigenvalue weighted by atomic mass is 79.9. The largest absolute Gasteiger partial charge is 0.251 e. The molecular formula is C12H10BrCl2N3. The van der Waals surface area contributed by atoms with Crippen LogP contribution in [0.3, 0.4) is 0 Å². The zero-order valence-corrected chi connectivity index (χ0v) is 12.9. The maximum absolute atomic E-state index is 6.09. The van der Waals surface area contributed by atoms with E-state index in [1.165, 1.54) is 0 Å². The molecule has 0 aromatic carbocycles. The molecule has 0 aliphatic rings. The fourth-order valence-electron chi connectivity index (χ4n) is 1.44. The van der Waals surface area contributed by atoms with Crippen molar-refractivity contribution in [2.24, 2.45) is 0 Å². The van der Waals surface area contributed by atoms with Crippen LogP contribution in [0.25, 0.3) is 11.5 Å². The van der Waals surface area contributed by atoms with Gasteiger partial charge in [0.15, 0.2) is 5.82 Å². The molecule has 0 saturated heterocycles. The van der Waals surface area contributed by atoms with E-state index >= 15 is 0 Å². The van der Waals surface area contributed by atoms with Gasteiger partial charge in [0.1, 0.15) is 10.8 Å². The van der Waals surface area contributed by atoms with Crippen LogP contribution in [-0.2, 0) is 0 Å². The fourth-order valence-corrected chi connectivity index (χ4v) is 2.36. The van der Waals surface area contributed by atoms with E-state index in [2.05, 4.69) is 30.9 Å². The third-order valence-corrected chi connectivity index (χ3v) is 3.85. The molecule has 18 heavy (non-hydrogen) atoms. The SMILES string of the molecule is CC(C)c1nc(-c2ccc(Cl)cn2)nc(Cl)c1Br. The Kier molecular flexibility index (Phi) is 4.20. The monoisotopic (exact) mass is 345 g/mol. The van der Waals surface area contributed by atoms with Crippen molar-refractivity contribution in [1.29, 1.82) is 0 Å². The standard InChI is InChI=1S/C12H10BrCl2N3/c1-6(2)10-9(13)11(15)18-12(17-10)8-4-3-7(14)5-16-8/h3-6H,1-2H3. The summed E-state index contributed by atoms with van der Waals surface area (Å²) in [5.74, 6) is 0.745. The Morgan fingerprint density at radius 2 is 1.89 bits per heavy atom. The van der Waals surface area contributed by atoms with Gasteiger partial charge in [-0.1, -0.05) is 37.0 Å². The lowest BCUT2D eigenvalue weighted by Crippen LogP contribution is -2.01. The van der Waals surface area contributed by atoms with Crippen LogP contribution in [0, 0.1) is 0 Å². The predicted octanol–water partition coefficient (Wildman–Crippen LogP) is 4.73. The number of hydrogen-bond donors (Lipinski definition) is 0. The number of aromatic nitrogens is 3. The van der Waals surface area contributed by atoms with E-state index in [1.807, 2.05) is 13.8 Å². The van der Waals surface area contributed by atoms with Crippen LogP contribution in [0.15, 0.2) is 22.8 Å². The fraction of sp³-hybridized carbons (Fsp3) is 0.250. The smallest absolute Gasteiger partial charge is 0.179 e. The van der Waals surface area contributed by atoms with Gasteiger partial charge >= 0.3 is 0 Å². The summed E-state index contributed by atoms with van der Waals surface area (Å²) < 4.78 is 0.733. The lowest BCUT2D eigenvalue weighted by molar-refractivity contribution is 0.808. The summed E-state index contributed by atoms with van der Waals surface area (Å²) in [6, 6.07) is 3.52. The summed E-state index contributed by atoms with van der Waals surface area (Å²) in [4.78, 5) is 12.9. The van der Waals surface area contributed by atoms with E-state index in [-0.39, 0.29) is 5.92 Å². The normalized spacial score (nSPS) is 11.0. The van der Waals surface area contributed by atoms with Gasteiger partial charge in [-0.3, -0.25) is 4.98 Å². The summed E-state index contributed by atoms with van der Waals surface area (Å²) in [6.45, 7) is 4.09. The average Bonchev–Trinajstić information content (AvgIpc) is 2.33. The molecule has 0 bridgehead atoms. The molecule has 0 N–H and O–H groups in total. The highest BCUT2D eigenvalue weighted by Gasteiger charge is 2.15. The lowest BCUT2D eigenvalue weighted by atomic mass is 10.1. The minimum atomic E-state index is 0.242. The molecule has 3 nitrogen and oxygen atoms in total. The Bertz CT molecular complexity index is 570. The molecule has 2 rings (SSSR count). The van der Waals surface area contributed by atoms with Crippen LogP contribution in [0.5, 0.6) is 0 Å². The van der Waals surface area contributed by atoms with Crippen LogP contribution < -0.4 is 0 Å². The van der Waals surface area contributed by atoms with Gasteiger partial charge in [-0.15, -0.1) is 0 Å². The summed E-state index contributed by atoms with van der Waals surface area (Å²) in [7, 11) is 0. The number of nitrogens with zero attached hydrogens (tertiary/aromatic N) is 3. The first kappa shape index (κ1) is 13.7. The first-order chi connectivity index (χ1) is 8.49. The van der Waals surface area contributed by atoms with Crippen LogP contribution >= 0.6 is 39.1 Å². The summed E-state index contributed by atoms with van der Waals surface area (Å²) in [5, 5.41) is 0.964. The molecule has 0 radical (unpaired) electrons. The molecular weight excluding hydrogens is 337 g/mol. The van der Waals surface area contributed by atoms with Gasteiger partial charge in [0.05, 0.1) is 15.2 Å². The van der Waals surface area contributed by atoms with Crippen molar-refractivity contribution < 1.29 is 0 Å². The van der Waals surface area contributed by atoms with E-state index in [0.29, 0.717) is 21.7 Å². The van der Waals surface area contributed by atoms with Crippen LogP contribution in [0.1, 0.15) is 25.5 Å². The van der Waals surface area contributed by atoms with E-state index in [1.54, 1.807) is 18.3 Å². The van der Waals surface area contributed by atoms with Gasteiger partial charge in [0.25, 0.3) is 0 Å². The van der Waals surface area contributed by atoms with Crippen molar-refractivity contribution in [2.75, 3.05) is 0 Å². The Morgan fingerprint density at radius 1 is 1.17 bits per heavy atom. The second kappa shape index (κ2) is 5.51. The zero-order chi connectivity index (χ0) is 13.3. The Labute approximate surface area is 124 Å². The summed E-state index contributed by atoms with van der Waals surface area (Å²) in [5.41, 5.74) is 1.51. The van der Waals surface area contributed by atoms with Gasteiger partial charge in [0.2, 0.25) is 0 Å². The van der Waals surface area contributed by atoms with E-state index in [0.717, 1.165) is 10.2 Å². The Hall–Kier alpha value is -0.710. The molecule has 0 aliphatic heterocycles.